The average Bonchev–Trinajstić information content (AvgIpc) is 2.92. The van der Waals surface area contributed by atoms with Gasteiger partial charge in [0.2, 0.25) is 0 Å². The molecule has 146 valence electrons. The van der Waals surface area contributed by atoms with Gasteiger partial charge in [-0.1, -0.05) is 0 Å². The summed E-state index contributed by atoms with van der Waals surface area (Å²) in [5.41, 5.74) is 0.766. The zero-order valence-corrected chi connectivity index (χ0v) is 16.2. The standard InChI is InChI=1S/C19H17NO7Se/c21-10-13(22)15-16(23)19(26,18(25)27-15)28-14-9-5-4-8-12(14)17(24)20-11-6-2-1-3-7-11/h1-9,13,15,21-22,26H,10H2,(H,20,24). The molecule has 0 radical (unpaired) electrons. The number of carbonyl (C=O) groups excluding carboxylic acids is 3. The number of hydrogen-bond donors (Lipinski definition) is 4. The number of rotatable bonds is 6. The molecular formula is C19H17NO7Se. The molecule has 8 nitrogen and oxygen atoms in total. The van der Waals surface area contributed by atoms with Gasteiger partial charge in [0.05, 0.1) is 0 Å². The summed E-state index contributed by atoms with van der Waals surface area (Å²) >= 11 is -1.21. The molecule has 2 aromatic carbocycles. The van der Waals surface area contributed by atoms with E-state index >= 15 is 0 Å². The van der Waals surface area contributed by atoms with Gasteiger partial charge in [-0.05, 0) is 0 Å². The first-order valence-corrected chi connectivity index (χ1v) is 9.99. The molecule has 3 unspecified atom stereocenters. The number of benzene rings is 2. The summed E-state index contributed by atoms with van der Waals surface area (Å²) in [6.45, 7) is -0.803. The van der Waals surface area contributed by atoms with Crippen molar-refractivity contribution in [3.8, 4) is 0 Å². The number of esters is 1. The van der Waals surface area contributed by atoms with Gasteiger partial charge in [-0.2, -0.15) is 0 Å². The molecule has 2 aromatic rings. The molecule has 3 rings (SSSR count). The number of amides is 1. The van der Waals surface area contributed by atoms with Crippen molar-refractivity contribution >= 4 is 42.8 Å². The fourth-order valence-electron chi connectivity index (χ4n) is 2.61. The van der Waals surface area contributed by atoms with Gasteiger partial charge in [0.15, 0.2) is 0 Å². The Morgan fingerprint density at radius 3 is 2.46 bits per heavy atom. The summed E-state index contributed by atoms with van der Waals surface area (Å²) < 4.78 is 2.60. The van der Waals surface area contributed by atoms with Crippen LogP contribution < -0.4 is 9.78 Å². The number of aliphatic hydroxyl groups is 3. The number of carbonyl (C=O) groups is 3. The number of anilines is 1. The van der Waals surface area contributed by atoms with Gasteiger partial charge in [0, 0.05) is 0 Å². The minimum atomic E-state index is -2.49. The minimum absolute atomic E-state index is 0.200. The molecule has 1 aliphatic heterocycles. The third kappa shape index (κ3) is 3.84. The van der Waals surface area contributed by atoms with Crippen molar-refractivity contribution in [3.05, 3.63) is 60.2 Å². The molecule has 0 bridgehead atoms. The van der Waals surface area contributed by atoms with E-state index in [4.69, 9.17) is 9.84 Å². The third-order valence-corrected chi connectivity index (χ3v) is 6.66. The second-order valence-electron chi connectivity index (χ2n) is 6.00. The number of ether oxygens (including phenoxy) is 1. The summed E-state index contributed by atoms with van der Waals surface area (Å²) in [5, 5.41) is 32.0. The second kappa shape index (κ2) is 8.22. The van der Waals surface area contributed by atoms with Gasteiger partial charge in [0.1, 0.15) is 0 Å². The number of Topliss-reactive ketones (excluding diaryl/α,β-unsaturated/α-hetero) is 1. The predicted molar refractivity (Wildman–Crippen MR) is 99.2 cm³/mol. The molecule has 0 aliphatic carbocycles. The number of nitrogens with one attached hydrogen (secondary N) is 1. The number of hydrogen-bond acceptors (Lipinski definition) is 7. The third-order valence-electron chi connectivity index (χ3n) is 4.06. The SMILES string of the molecule is O=C(Nc1ccccc1)c1ccccc1[Se]C1(O)C(=O)OC(C(O)CO)C1=O. The normalized spacial score (nSPS) is 22.6. The van der Waals surface area contributed by atoms with Crippen LogP contribution in [0.15, 0.2) is 54.6 Å². The van der Waals surface area contributed by atoms with E-state index in [0.29, 0.717) is 10.1 Å². The van der Waals surface area contributed by atoms with Crippen molar-refractivity contribution in [2.75, 3.05) is 11.9 Å². The van der Waals surface area contributed by atoms with Crippen LogP contribution in [0, 0.1) is 0 Å². The van der Waals surface area contributed by atoms with Gasteiger partial charge in [-0.25, -0.2) is 0 Å². The van der Waals surface area contributed by atoms with Crippen LogP contribution in [0.3, 0.4) is 0 Å². The van der Waals surface area contributed by atoms with Crippen LogP contribution in [0.25, 0.3) is 0 Å². The van der Waals surface area contributed by atoms with Crippen molar-refractivity contribution in [1.29, 1.82) is 0 Å². The van der Waals surface area contributed by atoms with E-state index in [2.05, 4.69) is 5.32 Å². The first-order valence-electron chi connectivity index (χ1n) is 8.28. The summed E-state index contributed by atoms with van der Waals surface area (Å²) in [6.07, 6.45) is -3.27. The van der Waals surface area contributed by atoms with E-state index in [1.54, 1.807) is 42.5 Å². The van der Waals surface area contributed by atoms with Crippen LogP contribution in [0.5, 0.6) is 0 Å². The van der Waals surface area contributed by atoms with Crippen LogP contribution >= 0.6 is 0 Å². The number of aliphatic hydroxyl groups excluding tert-OH is 2. The molecule has 0 aromatic heterocycles. The van der Waals surface area contributed by atoms with Crippen molar-refractivity contribution in [2.45, 2.75) is 16.7 Å². The quantitative estimate of drug-likeness (QED) is 0.247. The molecule has 0 saturated carbocycles. The van der Waals surface area contributed by atoms with Gasteiger partial charge >= 0.3 is 166 Å². The zero-order chi connectivity index (χ0) is 20.3. The summed E-state index contributed by atoms with van der Waals surface area (Å²) in [5.74, 6) is -2.69. The van der Waals surface area contributed by atoms with Crippen LogP contribution in [0.2, 0.25) is 0 Å². The Morgan fingerprint density at radius 2 is 1.79 bits per heavy atom. The second-order valence-corrected chi connectivity index (χ2v) is 8.59. The van der Waals surface area contributed by atoms with E-state index < -0.39 is 55.9 Å². The Balaban J connectivity index is 1.86. The maximum atomic E-state index is 12.6. The maximum absolute atomic E-state index is 12.6. The molecule has 1 aliphatic rings. The van der Waals surface area contributed by atoms with E-state index in [-0.39, 0.29) is 5.56 Å². The van der Waals surface area contributed by atoms with Crippen LogP contribution in [0.4, 0.5) is 5.69 Å². The van der Waals surface area contributed by atoms with Crippen molar-refractivity contribution < 1.29 is 34.4 Å². The fraction of sp³-hybridized carbons (Fsp3) is 0.211. The van der Waals surface area contributed by atoms with Crippen LogP contribution in [-0.2, 0) is 14.3 Å². The first kappa shape index (κ1) is 20.2. The van der Waals surface area contributed by atoms with E-state index in [1.807, 2.05) is 0 Å². The van der Waals surface area contributed by atoms with E-state index in [1.165, 1.54) is 12.1 Å². The molecule has 1 fully saturated rings. The fourth-order valence-corrected chi connectivity index (χ4v) is 4.88. The van der Waals surface area contributed by atoms with Gasteiger partial charge in [0.25, 0.3) is 0 Å². The summed E-state index contributed by atoms with van der Waals surface area (Å²) in [6, 6.07) is 15.0. The Morgan fingerprint density at radius 1 is 1.14 bits per heavy atom. The van der Waals surface area contributed by atoms with Crippen molar-refractivity contribution in [3.63, 3.8) is 0 Å². The molecule has 3 atom stereocenters. The molecule has 28 heavy (non-hydrogen) atoms. The zero-order valence-electron chi connectivity index (χ0n) is 14.4. The van der Waals surface area contributed by atoms with E-state index in [0.717, 1.165) is 0 Å². The summed E-state index contributed by atoms with van der Waals surface area (Å²) in [4.78, 5) is 37.2. The Bertz CT molecular complexity index is 904. The topological polar surface area (TPSA) is 133 Å². The molecule has 1 amide bonds. The Labute approximate surface area is 166 Å². The molecular weight excluding hydrogens is 433 g/mol. The molecule has 4 N–H and O–H groups in total. The molecule has 0 spiro atoms. The van der Waals surface area contributed by atoms with Crippen LogP contribution in [-0.4, -0.2) is 71.3 Å². The Kier molecular flexibility index (Phi) is 5.93. The molecule has 9 heteroatoms. The van der Waals surface area contributed by atoms with Gasteiger partial charge < -0.3 is 0 Å². The molecule has 1 saturated heterocycles. The first-order chi connectivity index (χ1) is 13.4. The number of cyclic esters (lactones) is 1. The monoisotopic (exact) mass is 451 g/mol. The van der Waals surface area contributed by atoms with E-state index in [9.17, 15) is 24.6 Å². The predicted octanol–water partition coefficient (Wildman–Crippen LogP) is -1.20. The van der Waals surface area contributed by atoms with Crippen LogP contribution in [0.1, 0.15) is 10.4 Å². The Hall–Kier alpha value is -2.55. The van der Waals surface area contributed by atoms with Crippen molar-refractivity contribution in [1.82, 2.24) is 0 Å². The average molecular weight is 450 g/mol. The number of para-hydroxylation sites is 1. The molecule has 1 heterocycles. The summed E-state index contributed by atoms with van der Waals surface area (Å²) in [7, 11) is 0. The van der Waals surface area contributed by atoms with Crippen molar-refractivity contribution in [2.24, 2.45) is 0 Å². The van der Waals surface area contributed by atoms with Gasteiger partial charge in [-0.15, -0.1) is 0 Å². The van der Waals surface area contributed by atoms with Gasteiger partial charge in [-0.3, -0.25) is 0 Å². The number of ketones is 1.